The molecule has 4 nitrogen and oxygen atoms in total. The van der Waals surface area contributed by atoms with Gasteiger partial charge in [-0.05, 0) is 49.2 Å². The number of anilines is 1. The quantitative estimate of drug-likeness (QED) is 0.639. The molecule has 1 N–H and O–H groups in total. The number of piperidine rings is 1. The summed E-state index contributed by atoms with van der Waals surface area (Å²) in [6.07, 6.45) is 3.67. The van der Waals surface area contributed by atoms with Crippen molar-refractivity contribution in [2.24, 2.45) is 5.92 Å². The van der Waals surface area contributed by atoms with Crippen molar-refractivity contribution in [3.8, 4) is 5.75 Å². The SMILES string of the molecule is C=CCOc1cccc(NC(=O)C2CCCN(Cc3ccc(Br)cc3)C2)c1. The van der Waals surface area contributed by atoms with Gasteiger partial charge in [0.25, 0.3) is 0 Å². The summed E-state index contributed by atoms with van der Waals surface area (Å²) in [4.78, 5) is 15.1. The van der Waals surface area contributed by atoms with Crippen molar-refractivity contribution in [3.05, 3.63) is 71.2 Å². The molecular formula is C22H25BrN2O2. The van der Waals surface area contributed by atoms with Gasteiger partial charge in [-0.25, -0.2) is 0 Å². The van der Waals surface area contributed by atoms with Gasteiger partial charge in [-0.2, -0.15) is 0 Å². The number of benzene rings is 2. The molecule has 142 valence electrons. The Labute approximate surface area is 169 Å². The maximum atomic E-state index is 12.7. The van der Waals surface area contributed by atoms with Crippen LogP contribution < -0.4 is 10.1 Å². The Bertz CT molecular complexity index is 776. The summed E-state index contributed by atoms with van der Waals surface area (Å²) in [5.41, 5.74) is 2.04. The summed E-state index contributed by atoms with van der Waals surface area (Å²) in [5, 5.41) is 3.04. The molecule has 1 heterocycles. The first-order chi connectivity index (χ1) is 13.1. The second-order valence-electron chi connectivity index (χ2n) is 6.82. The zero-order chi connectivity index (χ0) is 19.1. The topological polar surface area (TPSA) is 41.6 Å². The maximum absolute atomic E-state index is 12.7. The average Bonchev–Trinajstić information content (AvgIpc) is 2.69. The summed E-state index contributed by atoms with van der Waals surface area (Å²) in [6, 6.07) is 15.9. The van der Waals surface area contributed by atoms with Crippen LogP contribution in [0, 0.1) is 5.92 Å². The molecule has 0 aromatic heterocycles. The van der Waals surface area contributed by atoms with Crippen LogP contribution in [0.2, 0.25) is 0 Å². The Morgan fingerprint density at radius 1 is 1.30 bits per heavy atom. The van der Waals surface area contributed by atoms with Gasteiger partial charge in [-0.1, -0.05) is 46.8 Å². The van der Waals surface area contributed by atoms with Crippen molar-refractivity contribution in [2.75, 3.05) is 25.0 Å². The normalized spacial score (nSPS) is 17.3. The molecule has 0 radical (unpaired) electrons. The molecule has 0 bridgehead atoms. The number of carbonyl (C=O) groups excluding carboxylic acids is 1. The lowest BCUT2D eigenvalue weighted by Crippen LogP contribution is -2.40. The van der Waals surface area contributed by atoms with Gasteiger partial charge in [-0.15, -0.1) is 0 Å². The summed E-state index contributed by atoms with van der Waals surface area (Å²) < 4.78 is 6.62. The lowest BCUT2D eigenvalue weighted by Gasteiger charge is -2.32. The number of nitrogens with zero attached hydrogens (tertiary/aromatic N) is 1. The highest BCUT2D eigenvalue weighted by Gasteiger charge is 2.25. The van der Waals surface area contributed by atoms with Crippen molar-refractivity contribution in [3.63, 3.8) is 0 Å². The van der Waals surface area contributed by atoms with Crippen LogP contribution in [0.5, 0.6) is 5.75 Å². The van der Waals surface area contributed by atoms with E-state index in [1.54, 1.807) is 6.08 Å². The van der Waals surface area contributed by atoms with Crippen molar-refractivity contribution in [2.45, 2.75) is 19.4 Å². The predicted octanol–water partition coefficient (Wildman–Crippen LogP) is 4.86. The molecule has 2 aromatic carbocycles. The third kappa shape index (κ3) is 5.94. The van der Waals surface area contributed by atoms with Gasteiger partial charge in [0.2, 0.25) is 5.91 Å². The van der Waals surface area contributed by atoms with Crippen LogP contribution in [0.3, 0.4) is 0 Å². The van der Waals surface area contributed by atoms with Crippen LogP contribution in [0.1, 0.15) is 18.4 Å². The number of ether oxygens (including phenoxy) is 1. The fourth-order valence-corrected chi connectivity index (χ4v) is 3.59. The molecule has 0 aliphatic carbocycles. The highest BCUT2D eigenvalue weighted by Crippen LogP contribution is 2.23. The Morgan fingerprint density at radius 3 is 2.89 bits per heavy atom. The standard InChI is InChI=1S/C22H25BrN2O2/c1-2-13-27-21-7-3-6-20(14-21)24-22(26)18-5-4-12-25(16-18)15-17-8-10-19(23)11-9-17/h2-3,6-11,14,18H,1,4-5,12-13,15-16H2,(H,24,26). The van der Waals surface area contributed by atoms with Gasteiger partial charge < -0.3 is 10.1 Å². The van der Waals surface area contributed by atoms with Crippen LogP contribution in [-0.4, -0.2) is 30.5 Å². The predicted molar refractivity (Wildman–Crippen MR) is 113 cm³/mol. The van der Waals surface area contributed by atoms with Gasteiger partial charge in [0.15, 0.2) is 0 Å². The van der Waals surface area contributed by atoms with Gasteiger partial charge in [0.05, 0.1) is 5.92 Å². The van der Waals surface area contributed by atoms with Crippen LogP contribution in [0.15, 0.2) is 65.7 Å². The zero-order valence-electron chi connectivity index (χ0n) is 15.4. The van der Waals surface area contributed by atoms with Gasteiger partial charge in [0, 0.05) is 29.3 Å². The monoisotopic (exact) mass is 428 g/mol. The van der Waals surface area contributed by atoms with E-state index in [1.165, 1.54) is 5.56 Å². The van der Waals surface area contributed by atoms with Crippen molar-refractivity contribution in [1.29, 1.82) is 0 Å². The summed E-state index contributed by atoms with van der Waals surface area (Å²) in [5.74, 6) is 0.816. The zero-order valence-corrected chi connectivity index (χ0v) is 17.0. The second-order valence-corrected chi connectivity index (χ2v) is 7.73. The van der Waals surface area contributed by atoms with E-state index >= 15 is 0 Å². The summed E-state index contributed by atoms with van der Waals surface area (Å²) in [7, 11) is 0. The number of carbonyl (C=O) groups is 1. The van der Waals surface area contributed by atoms with Gasteiger partial charge in [-0.3, -0.25) is 9.69 Å². The first-order valence-corrected chi connectivity index (χ1v) is 10.0. The molecule has 5 heteroatoms. The molecule has 27 heavy (non-hydrogen) atoms. The van der Waals surface area contributed by atoms with E-state index in [1.807, 2.05) is 24.3 Å². The molecule has 0 spiro atoms. The molecular weight excluding hydrogens is 404 g/mol. The number of hydrogen-bond acceptors (Lipinski definition) is 3. The molecule has 1 fully saturated rings. The minimum absolute atomic E-state index is 0.00643. The summed E-state index contributed by atoms with van der Waals surface area (Å²) in [6.45, 7) is 6.79. The molecule has 1 amide bonds. The Morgan fingerprint density at radius 2 is 2.11 bits per heavy atom. The number of nitrogens with one attached hydrogen (secondary N) is 1. The largest absolute Gasteiger partial charge is 0.489 e. The molecule has 1 aliphatic rings. The Hall–Kier alpha value is -2.11. The molecule has 1 unspecified atom stereocenters. The highest BCUT2D eigenvalue weighted by molar-refractivity contribution is 9.10. The average molecular weight is 429 g/mol. The third-order valence-corrected chi connectivity index (χ3v) is 5.19. The van der Waals surface area contributed by atoms with Crippen molar-refractivity contribution < 1.29 is 9.53 Å². The van der Waals surface area contributed by atoms with E-state index in [-0.39, 0.29) is 11.8 Å². The Kier molecular flexibility index (Phi) is 7.07. The molecule has 1 saturated heterocycles. The molecule has 0 saturated carbocycles. The lowest BCUT2D eigenvalue weighted by atomic mass is 9.96. The van der Waals surface area contributed by atoms with Gasteiger partial charge >= 0.3 is 0 Å². The lowest BCUT2D eigenvalue weighted by molar-refractivity contribution is -0.121. The minimum Gasteiger partial charge on any atom is -0.489 e. The van der Waals surface area contributed by atoms with Crippen LogP contribution in [0.4, 0.5) is 5.69 Å². The molecule has 1 atom stereocenters. The van der Waals surface area contributed by atoms with E-state index in [0.29, 0.717) is 6.61 Å². The fourth-order valence-electron chi connectivity index (χ4n) is 3.32. The molecule has 2 aromatic rings. The van der Waals surface area contributed by atoms with E-state index < -0.39 is 0 Å². The highest BCUT2D eigenvalue weighted by atomic mass is 79.9. The van der Waals surface area contributed by atoms with Crippen molar-refractivity contribution in [1.82, 2.24) is 4.90 Å². The number of halogens is 1. The third-order valence-electron chi connectivity index (χ3n) is 4.67. The van der Waals surface area contributed by atoms with Crippen LogP contribution >= 0.6 is 15.9 Å². The number of likely N-dealkylation sites (tertiary alicyclic amines) is 1. The first kappa shape index (κ1) is 19.6. The van der Waals surface area contributed by atoms with E-state index in [9.17, 15) is 4.79 Å². The second kappa shape index (κ2) is 9.72. The van der Waals surface area contributed by atoms with E-state index in [4.69, 9.17) is 4.74 Å². The van der Waals surface area contributed by atoms with E-state index in [0.717, 1.165) is 48.4 Å². The Balaban J connectivity index is 1.56. The van der Waals surface area contributed by atoms with Crippen molar-refractivity contribution >= 4 is 27.5 Å². The minimum atomic E-state index is 0.00643. The number of rotatable bonds is 7. The summed E-state index contributed by atoms with van der Waals surface area (Å²) >= 11 is 3.47. The smallest absolute Gasteiger partial charge is 0.228 e. The van der Waals surface area contributed by atoms with Crippen LogP contribution in [0.25, 0.3) is 0 Å². The maximum Gasteiger partial charge on any atom is 0.228 e. The fraction of sp³-hybridized carbons (Fsp3) is 0.318. The molecule has 3 rings (SSSR count). The number of hydrogen-bond donors (Lipinski definition) is 1. The first-order valence-electron chi connectivity index (χ1n) is 9.25. The van der Waals surface area contributed by atoms with Crippen LogP contribution in [-0.2, 0) is 11.3 Å². The number of amides is 1. The molecule has 1 aliphatic heterocycles. The van der Waals surface area contributed by atoms with E-state index in [2.05, 4.69) is 57.0 Å². The van der Waals surface area contributed by atoms with Gasteiger partial charge in [0.1, 0.15) is 12.4 Å².